The van der Waals surface area contributed by atoms with E-state index >= 15 is 0 Å². The summed E-state index contributed by atoms with van der Waals surface area (Å²) in [4.78, 5) is 15.3. The molecule has 2 rings (SSSR count). The van der Waals surface area contributed by atoms with Crippen molar-refractivity contribution in [2.75, 3.05) is 26.7 Å². The highest BCUT2D eigenvalue weighted by Crippen LogP contribution is 2.23. The number of carbonyl (C=O) groups is 1. The monoisotopic (exact) mass is 252 g/mol. The zero-order valence-corrected chi connectivity index (χ0v) is 11.3. The second kappa shape index (κ2) is 5.65. The summed E-state index contributed by atoms with van der Waals surface area (Å²) < 4.78 is 0. The Hall–Kier alpha value is -0.870. The molecule has 0 spiro atoms. The van der Waals surface area contributed by atoms with Crippen LogP contribution in [0.5, 0.6) is 0 Å². The third-order valence-corrected chi connectivity index (χ3v) is 4.33. The maximum absolute atomic E-state index is 12.4. The zero-order chi connectivity index (χ0) is 12.3. The zero-order valence-electron chi connectivity index (χ0n) is 10.5. The van der Waals surface area contributed by atoms with Gasteiger partial charge in [0.05, 0.1) is 4.88 Å². The molecule has 3 nitrogen and oxygen atoms in total. The molecule has 1 unspecified atom stereocenters. The van der Waals surface area contributed by atoms with Crippen LogP contribution in [0.3, 0.4) is 0 Å². The first-order chi connectivity index (χ1) is 8.26. The quantitative estimate of drug-likeness (QED) is 0.889. The molecule has 2 heterocycles. The highest BCUT2D eigenvalue weighted by molar-refractivity contribution is 7.12. The Balaban J connectivity index is 2.02. The van der Waals surface area contributed by atoms with Gasteiger partial charge in [-0.3, -0.25) is 4.79 Å². The molecular formula is C13H20N2OS. The van der Waals surface area contributed by atoms with Crippen molar-refractivity contribution < 1.29 is 4.79 Å². The topological polar surface area (TPSA) is 32.3 Å². The number of rotatable bonds is 4. The number of hydrogen-bond donors (Lipinski definition) is 1. The van der Waals surface area contributed by atoms with Crippen LogP contribution in [-0.2, 0) is 6.42 Å². The first kappa shape index (κ1) is 12.6. The molecular weight excluding hydrogens is 232 g/mol. The van der Waals surface area contributed by atoms with Crippen LogP contribution in [0.25, 0.3) is 0 Å². The van der Waals surface area contributed by atoms with E-state index in [1.54, 1.807) is 11.3 Å². The third kappa shape index (κ3) is 2.69. The Bertz CT molecular complexity index is 389. The normalized spacial score (nSPS) is 19.9. The van der Waals surface area contributed by atoms with E-state index in [1.807, 2.05) is 17.3 Å². The number of likely N-dealkylation sites (tertiary alicyclic amines) is 1. The lowest BCUT2D eigenvalue weighted by molar-refractivity contribution is 0.0791. The van der Waals surface area contributed by atoms with Crippen molar-refractivity contribution in [3.63, 3.8) is 0 Å². The Kier molecular flexibility index (Phi) is 4.18. The van der Waals surface area contributed by atoms with Gasteiger partial charge in [0, 0.05) is 13.1 Å². The standard InChI is InChI=1S/C13H20N2OS/c1-3-11-5-7-17-12(11)13(16)15-6-4-10(9-15)8-14-2/h5,7,10,14H,3-4,6,8-9H2,1-2H3. The van der Waals surface area contributed by atoms with Gasteiger partial charge in [-0.25, -0.2) is 0 Å². The van der Waals surface area contributed by atoms with Crippen molar-refractivity contribution in [1.82, 2.24) is 10.2 Å². The van der Waals surface area contributed by atoms with Gasteiger partial charge in [0.2, 0.25) is 0 Å². The summed E-state index contributed by atoms with van der Waals surface area (Å²) in [6.07, 6.45) is 2.07. The predicted molar refractivity (Wildman–Crippen MR) is 71.6 cm³/mol. The predicted octanol–water partition coefficient (Wildman–Crippen LogP) is 1.99. The van der Waals surface area contributed by atoms with Gasteiger partial charge >= 0.3 is 0 Å². The third-order valence-electron chi connectivity index (χ3n) is 3.39. The second-order valence-corrected chi connectivity index (χ2v) is 5.51. The number of nitrogens with one attached hydrogen (secondary N) is 1. The Morgan fingerprint density at radius 2 is 2.47 bits per heavy atom. The van der Waals surface area contributed by atoms with Crippen LogP contribution in [0.4, 0.5) is 0 Å². The minimum Gasteiger partial charge on any atom is -0.338 e. The van der Waals surface area contributed by atoms with Gasteiger partial charge < -0.3 is 10.2 Å². The van der Waals surface area contributed by atoms with Gasteiger partial charge in [-0.1, -0.05) is 6.92 Å². The summed E-state index contributed by atoms with van der Waals surface area (Å²) in [6, 6.07) is 2.07. The molecule has 0 saturated carbocycles. The summed E-state index contributed by atoms with van der Waals surface area (Å²) in [6.45, 7) is 4.93. The molecule has 0 bridgehead atoms. The van der Waals surface area contributed by atoms with E-state index in [9.17, 15) is 4.79 Å². The van der Waals surface area contributed by atoms with Crippen molar-refractivity contribution in [2.45, 2.75) is 19.8 Å². The lowest BCUT2D eigenvalue weighted by Gasteiger charge is -2.16. The van der Waals surface area contributed by atoms with E-state index in [2.05, 4.69) is 18.3 Å². The molecule has 17 heavy (non-hydrogen) atoms. The number of thiophene rings is 1. The molecule has 94 valence electrons. The number of nitrogens with zero attached hydrogens (tertiary/aromatic N) is 1. The average Bonchev–Trinajstić information content (AvgIpc) is 2.96. The van der Waals surface area contributed by atoms with Crippen LogP contribution >= 0.6 is 11.3 Å². The summed E-state index contributed by atoms with van der Waals surface area (Å²) in [7, 11) is 1.97. The number of hydrogen-bond acceptors (Lipinski definition) is 3. The fourth-order valence-electron chi connectivity index (χ4n) is 2.42. The van der Waals surface area contributed by atoms with Crippen molar-refractivity contribution in [2.24, 2.45) is 5.92 Å². The van der Waals surface area contributed by atoms with E-state index in [0.29, 0.717) is 5.92 Å². The minimum absolute atomic E-state index is 0.232. The first-order valence-corrected chi connectivity index (χ1v) is 7.14. The Morgan fingerprint density at radius 1 is 1.65 bits per heavy atom. The van der Waals surface area contributed by atoms with Gasteiger partial charge in [-0.2, -0.15) is 0 Å². The van der Waals surface area contributed by atoms with Gasteiger partial charge in [-0.05, 0) is 49.4 Å². The largest absolute Gasteiger partial charge is 0.338 e. The number of amides is 1. The molecule has 4 heteroatoms. The van der Waals surface area contributed by atoms with Crippen molar-refractivity contribution >= 4 is 17.2 Å². The number of carbonyl (C=O) groups excluding carboxylic acids is 1. The average molecular weight is 252 g/mol. The molecule has 1 aromatic rings. The van der Waals surface area contributed by atoms with Crippen molar-refractivity contribution in [1.29, 1.82) is 0 Å². The molecule has 1 fully saturated rings. The van der Waals surface area contributed by atoms with Gasteiger partial charge in [0.25, 0.3) is 5.91 Å². The van der Waals surface area contributed by atoms with E-state index in [0.717, 1.165) is 37.4 Å². The van der Waals surface area contributed by atoms with Crippen LogP contribution in [0.2, 0.25) is 0 Å². The first-order valence-electron chi connectivity index (χ1n) is 6.26. The molecule has 1 atom stereocenters. The smallest absolute Gasteiger partial charge is 0.264 e. The van der Waals surface area contributed by atoms with Crippen LogP contribution in [0.15, 0.2) is 11.4 Å². The van der Waals surface area contributed by atoms with Crippen LogP contribution in [0, 0.1) is 5.92 Å². The highest BCUT2D eigenvalue weighted by atomic mass is 32.1. The van der Waals surface area contributed by atoms with E-state index in [-0.39, 0.29) is 5.91 Å². The molecule has 0 aromatic carbocycles. The molecule has 1 saturated heterocycles. The second-order valence-electron chi connectivity index (χ2n) is 4.59. The lowest BCUT2D eigenvalue weighted by Crippen LogP contribution is -2.30. The molecule has 0 radical (unpaired) electrons. The maximum atomic E-state index is 12.4. The Morgan fingerprint density at radius 3 is 3.18 bits per heavy atom. The van der Waals surface area contributed by atoms with Crippen LogP contribution < -0.4 is 5.32 Å². The summed E-state index contributed by atoms with van der Waals surface area (Å²) in [5.41, 5.74) is 1.19. The fraction of sp³-hybridized carbons (Fsp3) is 0.615. The van der Waals surface area contributed by atoms with Gasteiger partial charge in [0.1, 0.15) is 0 Å². The van der Waals surface area contributed by atoms with E-state index in [4.69, 9.17) is 0 Å². The minimum atomic E-state index is 0.232. The number of aryl methyl sites for hydroxylation is 1. The van der Waals surface area contributed by atoms with E-state index < -0.39 is 0 Å². The van der Waals surface area contributed by atoms with Gasteiger partial charge in [-0.15, -0.1) is 11.3 Å². The lowest BCUT2D eigenvalue weighted by atomic mass is 10.1. The summed E-state index contributed by atoms with van der Waals surface area (Å²) >= 11 is 1.58. The SMILES string of the molecule is CCc1ccsc1C(=O)N1CCC(CNC)C1. The summed E-state index contributed by atoms with van der Waals surface area (Å²) in [5, 5.41) is 5.21. The molecule has 0 aliphatic carbocycles. The highest BCUT2D eigenvalue weighted by Gasteiger charge is 2.27. The molecule has 1 amide bonds. The van der Waals surface area contributed by atoms with Gasteiger partial charge in [0.15, 0.2) is 0 Å². The van der Waals surface area contributed by atoms with Crippen molar-refractivity contribution in [3.8, 4) is 0 Å². The van der Waals surface area contributed by atoms with Crippen LogP contribution in [0.1, 0.15) is 28.6 Å². The molecule has 1 aromatic heterocycles. The fourth-order valence-corrected chi connectivity index (χ4v) is 3.38. The molecule has 1 N–H and O–H groups in total. The van der Waals surface area contributed by atoms with Crippen molar-refractivity contribution in [3.05, 3.63) is 21.9 Å². The van der Waals surface area contributed by atoms with E-state index in [1.165, 1.54) is 5.56 Å². The molecule has 1 aliphatic heterocycles. The summed E-state index contributed by atoms with van der Waals surface area (Å²) in [5.74, 6) is 0.851. The van der Waals surface area contributed by atoms with Crippen LogP contribution in [-0.4, -0.2) is 37.5 Å². The maximum Gasteiger partial charge on any atom is 0.264 e. The Labute approximate surface area is 107 Å². The molecule has 1 aliphatic rings.